The second kappa shape index (κ2) is 6.19. The third-order valence-corrected chi connectivity index (χ3v) is 6.73. The van der Waals surface area contributed by atoms with Crippen LogP contribution in [0.3, 0.4) is 0 Å². The molecule has 1 aromatic carbocycles. The molecule has 0 amide bonds. The third kappa shape index (κ3) is 2.88. The molecule has 2 aromatic rings. The van der Waals surface area contributed by atoms with Gasteiger partial charge in [-0.1, -0.05) is 6.07 Å². The summed E-state index contributed by atoms with van der Waals surface area (Å²) in [6, 6.07) is 5.60. The first kappa shape index (κ1) is 15.8. The van der Waals surface area contributed by atoms with Gasteiger partial charge in [-0.2, -0.15) is 13.1 Å². The Morgan fingerprint density at radius 3 is 2.82 bits per heavy atom. The van der Waals surface area contributed by atoms with Gasteiger partial charge in [-0.25, -0.2) is 8.42 Å². The summed E-state index contributed by atoms with van der Waals surface area (Å²) in [7, 11) is 0.592. The monoisotopic (exact) mass is 340 g/mol. The number of rotatable bonds is 3. The van der Waals surface area contributed by atoms with Gasteiger partial charge in [0.15, 0.2) is 0 Å². The Hall–Kier alpha value is -1.09. The van der Waals surface area contributed by atoms with E-state index < -0.39 is 10.0 Å². The van der Waals surface area contributed by atoms with Crippen LogP contribution < -0.4 is 0 Å². The SMILES string of the molecule is CN(C)C1CCCN(S(=O)(=O)c2cccc3nsnc23)CC1. The molecule has 6 nitrogen and oxygen atoms in total. The molecule has 1 saturated heterocycles. The summed E-state index contributed by atoms with van der Waals surface area (Å²) in [6.45, 7) is 1.12. The first-order valence-corrected chi connectivity index (χ1v) is 9.55. The van der Waals surface area contributed by atoms with Crippen LogP contribution in [-0.2, 0) is 10.0 Å². The fourth-order valence-electron chi connectivity index (χ4n) is 2.94. The summed E-state index contributed by atoms with van der Waals surface area (Å²) in [4.78, 5) is 2.46. The smallest absolute Gasteiger partial charge is 0.245 e. The van der Waals surface area contributed by atoms with Crippen LogP contribution in [0.25, 0.3) is 11.0 Å². The second-order valence-corrected chi connectivity index (χ2v) is 8.28. The lowest BCUT2D eigenvalue weighted by molar-refractivity contribution is 0.268. The van der Waals surface area contributed by atoms with Crippen LogP contribution in [0.4, 0.5) is 0 Å². The van der Waals surface area contributed by atoms with Gasteiger partial charge in [0.2, 0.25) is 10.0 Å². The molecule has 1 atom stereocenters. The molecule has 1 aromatic heterocycles. The van der Waals surface area contributed by atoms with E-state index in [1.54, 1.807) is 22.5 Å². The molecule has 1 fully saturated rings. The maximum Gasteiger partial charge on any atom is 0.245 e. The molecule has 120 valence electrons. The van der Waals surface area contributed by atoms with Crippen molar-refractivity contribution in [3.63, 3.8) is 0 Å². The van der Waals surface area contributed by atoms with Crippen molar-refractivity contribution >= 4 is 32.8 Å². The number of hydrogen-bond donors (Lipinski definition) is 0. The predicted octanol–water partition coefficient (Wildman–Crippen LogP) is 1.80. The minimum absolute atomic E-state index is 0.280. The van der Waals surface area contributed by atoms with Gasteiger partial charge < -0.3 is 4.90 Å². The van der Waals surface area contributed by atoms with E-state index in [-0.39, 0.29) is 4.90 Å². The zero-order chi connectivity index (χ0) is 15.7. The predicted molar refractivity (Wildman–Crippen MR) is 87.5 cm³/mol. The molecule has 22 heavy (non-hydrogen) atoms. The van der Waals surface area contributed by atoms with Gasteiger partial charge in [-0.05, 0) is 45.5 Å². The maximum atomic E-state index is 13.0. The average Bonchev–Trinajstić information content (AvgIpc) is 2.81. The lowest BCUT2D eigenvalue weighted by Gasteiger charge is -2.23. The summed E-state index contributed by atoms with van der Waals surface area (Å²) in [5.41, 5.74) is 1.13. The molecule has 1 aliphatic rings. The van der Waals surface area contributed by atoms with Crippen molar-refractivity contribution in [3.8, 4) is 0 Å². The Balaban J connectivity index is 1.91. The largest absolute Gasteiger partial charge is 0.306 e. The van der Waals surface area contributed by atoms with Crippen LogP contribution in [0.2, 0.25) is 0 Å². The van der Waals surface area contributed by atoms with Gasteiger partial charge in [0.1, 0.15) is 15.9 Å². The van der Waals surface area contributed by atoms with E-state index in [1.807, 2.05) is 0 Å². The summed E-state index contributed by atoms with van der Waals surface area (Å²) < 4.78 is 35.9. The highest BCUT2D eigenvalue weighted by Crippen LogP contribution is 2.26. The van der Waals surface area contributed by atoms with E-state index in [4.69, 9.17) is 0 Å². The molecule has 0 bridgehead atoms. The van der Waals surface area contributed by atoms with E-state index in [2.05, 4.69) is 27.7 Å². The van der Waals surface area contributed by atoms with Crippen molar-refractivity contribution in [1.29, 1.82) is 0 Å². The maximum absolute atomic E-state index is 13.0. The van der Waals surface area contributed by atoms with Gasteiger partial charge in [0, 0.05) is 19.1 Å². The first-order chi connectivity index (χ1) is 10.5. The number of aromatic nitrogens is 2. The Bertz CT molecular complexity index is 757. The van der Waals surface area contributed by atoms with Crippen LogP contribution in [-0.4, -0.2) is 59.6 Å². The molecule has 1 unspecified atom stereocenters. The Morgan fingerprint density at radius 2 is 2.05 bits per heavy atom. The van der Waals surface area contributed by atoms with Gasteiger partial charge in [0.25, 0.3) is 0 Å². The number of nitrogens with zero attached hydrogens (tertiary/aromatic N) is 4. The normalized spacial score (nSPS) is 21.3. The second-order valence-electron chi connectivity index (χ2n) is 5.84. The molecule has 0 N–H and O–H groups in total. The number of benzene rings is 1. The number of fused-ring (bicyclic) bond motifs is 1. The highest BCUT2D eigenvalue weighted by atomic mass is 32.2. The molecule has 0 radical (unpaired) electrons. The molecule has 0 aliphatic carbocycles. The zero-order valence-corrected chi connectivity index (χ0v) is 14.4. The molecule has 1 aliphatic heterocycles. The van der Waals surface area contributed by atoms with Crippen molar-refractivity contribution in [1.82, 2.24) is 18.0 Å². The van der Waals surface area contributed by atoms with Crippen LogP contribution >= 0.6 is 11.7 Å². The van der Waals surface area contributed by atoms with Crippen LogP contribution in [0.15, 0.2) is 23.1 Å². The van der Waals surface area contributed by atoms with Crippen molar-refractivity contribution in [2.75, 3.05) is 27.2 Å². The van der Waals surface area contributed by atoms with E-state index in [0.717, 1.165) is 31.0 Å². The molecular weight excluding hydrogens is 320 g/mol. The topological polar surface area (TPSA) is 66.4 Å². The van der Waals surface area contributed by atoms with E-state index in [0.29, 0.717) is 30.2 Å². The van der Waals surface area contributed by atoms with E-state index in [1.165, 1.54) is 0 Å². The molecule has 8 heteroatoms. The first-order valence-electron chi connectivity index (χ1n) is 7.38. The molecule has 3 rings (SSSR count). The molecular formula is C14H20N4O2S2. The van der Waals surface area contributed by atoms with Crippen molar-refractivity contribution < 1.29 is 8.42 Å². The minimum atomic E-state index is -3.51. The zero-order valence-electron chi connectivity index (χ0n) is 12.8. The molecule has 0 spiro atoms. The summed E-state index contributed by atoms with van der Waals surface area (Å²) in [5, 5.41) is 0. The summed E-state index contributed by atoms with van der Waals surface area (Å²) in [5.74, 6) is 0. The fourth-order valence-corrected chi connectivity index (χ4v) is 5.18. The van der Waals surface area contributed by atoms with E-state index in [9.17, 15) is 8.42 Å². The molecule has 0 saturated carbocycles. The lowest BCUT2D eigenvalue weighted by atomic mass is 10.1. The highest BCUT2D eigenvalue weighted by Gasteiger charge is 2.30. The Labute approximate surface area is 135 Å². The van der Waals surface area contributed by atoms with E-state index >= 15 is 0 Å². The Morgan fingerprint density at radius 1 is 1.23 bits per heavy atom. The van der Waals surface area contributed by atoms with Crippen LogP contribution in [0.5, 0.6) is 0 Å². The van der Waals surface area contributed by atoms with Crippen molar-refractivity contribution in [2.24, 2.45) is 0 Å². The molecule has 2 heterocycles. The van der Waals surface area contributed by atoms with Gasteiger partial charge in [0.05, 0.1) is 11.7 Å². The standard InChI is InChI=1S/C14H20N4O2S2/c1-17(2)11-5-4-9-18(10-8-11)22(19,20)13-7-3-6-12-14(13)16-21-15-12/h3,6-7,11H,4-5,8-10H2,1-2H3. The summed E-state index contributed by atoms with van der Waals surface area (Å²) in [6.07, 6.45) is 2.77. The van der Waals surface area contributed by atoms with Crippen LogP contribution in [0.1, 0.15) is 19.3 Å². The minimum Gasteiger partial charge on any atom is -0.306 e. The van der Waals surface area contributed by atoms with Crippen LogP contribution in [0, 0.1) is 0 Å². The van der Waals surface area contributed by atoms with Crippen molar-refractivity contribution in [3.05, 3.63) is 18.2 Å². The number of sulfonamides is 1. The fraction of sp³-hybridized carbons (Fsp3) is 0.571. The highest BCUT2D eigenvalue weighted by molar-refractivity contribution is 7.89. The third-order valence-electron chi connectivity index (χ3n) is 4.25. The van der Waals surface area contributed by atoms with Gasteiger partial charge >= 0.3 is 0 Å². The number of hydrogen-bond acceptors (Lipinski definition) is 6. The average molecular weight is 340 g/mol. The lowest BCUT2D eigenvalue weighted by Crippen LogP contribution is -2.34. The summed E-state index contributed by atoms with van der Waals surface area (Å²) >= 11 is 1.05. The van der Waals surface area contributed by atoms with Crippen molar-refractivity contribution in [2.45, 2.75) is 30.2 Å². The van der Waals surface area contributed by atoms with Gasteiger partial charge in [-0.3, -0.25) is 0 Å². The Kier molecular flexibility index (Phi) is 4.44. The quantitative estimate of drug-likeness (QED) is 0.852. The van der Waals surface area contributed by atoms with Gasteiger partial charge in [-0.15, -0.1) is 0 Å².